The van der Waals surface area contributed by atoms with Crippen LogP contribution in [0.15, 0.2) is 30.3 Å². The minimum atomic E-state index is -5.36. The van der Waals surface area contributed by atoms with Gasteiger partial charge in [-0.2, -0.15) is 13.2 Å². The van der Waals surface area contributed by atoms with Gasteiger partial charge < -0.3 is 14.4 Å². The smallest absolute Gasteiger partial charge is 0.491 e. The highest BCUT2D eigenvalue weighted by Gasteiger charge is 2.45. The summed E-state index contributed by atoms with van der Waals surface area (Å²) in [5.74, 6) is -5.16. The molecule has 1 unspecified atom stereocenters. The number of benzene rings is 2. The van der Waals surface area contributed by atoms with Crippen LogP contribution < -0.4 is 4.74 Å². The van der Waals surface area contributed by atoms with Crippen molar-refractivity contribution in [3.8, 4) is 5.75 Å². The second kappa shape index (κ2) is 13.2. The molecule has 44 heavy (non-hydrogen) atoms. The zero-order chi connectivity index (χ0) is 31.8. The maximum Gasteiger partial charge on any atom is 0.491 e. The highest BCUT2D eigenvalue weighted by Crippen LogP contribution is 2.45. The molecule has 0 bridgehead atoms. The van der Waals surface area contributed by atoms with Gasteiger partial charge in [-0.3, -0.25) is 9.69 Å². The molecule has 5 rings (SSSR count). The quantitative estimate of drug-likeness (QED) is 0.171. The second-order valence-corrected chi connectivity index (χ2v) is 12.5. The maximum atomic E-state index is 15.4. The molecule has 13 heteroatoms. The Balaban J connectivity index is 1.22. The Bertz CT molecular complexity index is 1410. The third-order valence-corrected chi connectivity index (χ3v) is 9.03. The number of carbonyl (C=O) groups is 3. The summed E-state index contributed by atoms with van der Waals surface area (Å²) in [6, 6.07) is 6.85. The molecule has 2 aliphatic heterocycles. The topological polar surface area (TPSA) is 76.2 Å². The number of alkyl halides is 3. The van der Waals surface area contributed by atoms with Crippen LogP contribution in [0, 0.1) is 11.7 Å². The van der Waals surface area contributed by atoms with Crippen LogP contribution in [-0.2, 0) is 14.3 Å². The molecule has 3 aliphatic rings. The van der Waals surface area contributed by atoms with Crippen molar-refractivity contribution in [2.75, 3.05) is 26.2 Å². The number of ether oxygens (including phenoxy) is 2. The number of piperidine rings is 1. The van der Waals surface area contributed by atoms with Gasteiger partial charge in [-0.05, 0) is 106 Å². The summed E-state index contributed by atoms with van der Waals surface area (Å²) in [6.07, 6.45) is -1.63. The zero-order valence-electron chi connectivity index (χ0n) is 24.0. The third kappa shape index (κ3) is 7.49. The SMILES string of the molecule is C[C@@H](c1cc(Cl)cc(Cl)c1)N1CCC(COc2cc(F)c(C(=O)N3CCCC3C(=O)OC(=O)C(F)(F)F)cc2C2CC2)CC1. The molecular formula is C31H32Cl2F4N2O5. The van der Waals surface area contributed by atoms with Crippen LogP contribution in [0.2, 0.25) is 10.0 Å². The summed E-state index contributed by atoms with van der Waals surface area (Å²) in [5.41, 5.74) is 1.43. The van der Waals surface area contributed by atoms with E-state index >= 15 is 4.39 Å². The number of nitrogens with zero attached hydrogens (tertiary/aromatic N) is 2. The Labute approximate surface area is 262 Å². The van der Waals surface area contributed by atoms with Gasteiger partial charge in [-0.1, -0.05) is 23.2 Å². The standard InChI is InChI=1S/C31H32Cl2F4N2O5/c1-17(20-11-21(32)13-22(33)12-20)38-9-6-18(7-10-38)16-43-27-15-25(34)24(14-23(27)19-4-5-19)28(40)39-8-2-3-26(39)29(41)44-30(42)31(35,36)37/h11-15,17-19,26H,2-10,16H2,1H3/t17-,26?/m0/s1. The molecule has 2 aromatic carbocycles. The lowest BCUT2D eigenvalue weighted by atomic mass is 9.95. The van der Waals surface area contributed by atoms with E-state index in [1.54, 1.807) is 6.07 Å². The molecule has 2 aromatic rings. The number of hydrogen-bond acceptors (Lipinski definition) is 6. The molecule has 3 fully saturated rings. The maximum absolute atomic E-state index is 15.4. The third-order valence-electron chi connectivity index (χ3n) is 8.60. The van der Waals surface area contributed by atoms with E-state index in [1.165, 1.54) is 12.1 Å². The van der Waals surface area contributed by atoms with Crippen molar-refractivity contribution in [2.24, 2.45) is 5.92 Å². The van der Waals surface area contributed by atoms with E-state index in [4.69, 9.17) is 27.9 Å². The first-order valence-electron chi connectivity index (χ1n) is 14.6. The fourth-order valence-electron chi connectivity index (χ4n) is 5.94. The van der Waals surface area contributed by atoms with Gasteiger partial charge in [-0.15, -0.1) is 0 Å². The van der Waals surface area contributed by atoms with Crippen LogP contribution in [0.25, 0.3) is 0 Å². The Kier molecular flexibility index (Phi) is 9.77. The fraction of sp³-hybridized carbons (Fsp3) is 0.516. The van der Waals surface area contributed by atoms with Crippen LogP contribution in [-0.4, -0.2) is 66.1 Å². The van der Waals surface area contributed by atoms with Crippen LogP contribution in [0.5, 0.6) is 5.75 Å². The van der Waals surface area contributed by atoms with E-state index in [-0.39, 0.29) is 42.8 Å². The molecule has 1 aliphatic carbocycles. The number of rotatable bonds is 8. The molecule has 2 atom stereocenters. The van der Waals surface area contributed by atoms with Crippen LogP contribution in [0.3, 0.4) is 0 Å². The summed E-state index contributed by atoms with van der Waals surface area (Å²) in [5, 5.41) is 1.18. The Morgan fingerprint density at radius 2 is 1.61 bits per heavy atom. The lowest BCUT2D eigenvalue weighted by Crippen LogP contribution is -2.43. The van der Waals surface area contributed by atoms with E-state index in [1.807, 2.05) is 12.1 Å². The summed E-state index contributed by atoms with van der Waals surface area (Å²) in [4.78, 5) is 40.1. The van der Waals surface area contributed by atoms with Gasteiger partial charge in [-0.25, -0.2) is 14.0 Å². The zero-order valence-corrected chi connectivity index (χ0v) is 25.5. The molecule has 0 spiro atoms. The first-order valence-corrected chi connectivity index (χ1v) is 15.4. The van der Waals surface area contributed by atoms with Crippen molar-refractivity contribution in [2.45, 2.75) is 69.6 Å². The van der Waals surface area contributed by atoms with Crippen LogP contribution in [0.1, 0.15) is 78.9 Å². The van der Waals surface area contributed by atoms with Crippen molar-refractivity contribution in [1.29, 1.82) is 0 Å². The molecule has 1 saturated carbocycles. The van der Waals surface area contributed by atoms with Gasteiger partial charge in [0.05, 0.1) is 12.2 Å². The molecule has 2 saturated heterocycles. The molecule has 0 aromatic heterocycles. The average Bonchev–Trinajstić information content (AvgIpc) is 3.69. The normalized spacial score (nSPS) is 20.4. The van der Waals surface area contributed by atoms with Crippen molar-refractivity contribution < 1.29 is 41.4 Å². The fourth-order valence-corrected chi connectivity index (χ4v) is 6.49. The number of carbonyl (C=O) groups excluding carboxylic acids is 3. The first kappa shape index (κ1) is 32.5. The molecular weight excluding hydrogens is 627 g/mol. The van der Waals surface area contributed by atoms with Crippen molar-refractivity contribution in [3.05, 3.63) is 62.9 Å². The molecule has 2 heterocycles. The van der Waals surface area contributed by atoms with Gasteiger partial charge in [0.15, 0.2) is 0 Å². The molecule has 1 amide bonds. The lowest BCUT2D eigenvalue weighted by molar-refractivity contribution is -0.203. The monoisotopic (exact) mass is 658 g/mol. The van der Waals surface area contributed by atoms with Crippen molar-refractivity contribution in [3.63, 3.8) is 0 Å². The van der Waals surface area contributed by atoms with E-state index in [9.17, 15) is 27.6 Å². The summed E-state index contributed by atoms with van der Waals surface area (Å²) >= 11 is 12.4. The predicted molar refractivity (Wildman–Crippen MR) is 154 cm³/mol. The van der Waals surface area contributed by atoms with E-state index < -0.39 is 35.9 Å². The number of likely N-dealkylation sites (tertiary alicyclic amines) is 2. The minimum absolute atomic E-state index is 0.00155. The van der Waals surface area contributed by atoms with E-state index in [2.05, 4.69) is 16.6 Å². The number of amides is 1. The van der Waals surface area contributed by atoms with Crippen molar-refractivity contribution in [1.82, 2.24) is 9.80 Å². The van der Waals surface area contributed by atoms with Gasteiger partial charge >= 0.3 is 18.1 Å². The van der Waals surface area contributed by atoms with E-state index in [0.717, 1.165) is 49.2 Å². The molecule has 0 radical (unpaired) electrons. The largest absolute Gasteiger partial charge is 0.493 e. The molecule has 7 nitrogen and oxygen atoms in total. The van der Waals surface area contributed by atoms with Gasteiger partial charge in [0.2, 0.25) is 0 Å². The Morgan fingerprint density at radius 3 is 2.23 bits per heavy atom. The van der Waals surface area contributed by atoms with Gasteiger partial charge in [0.25, 0.3) is 5.91 Å². The second-order valence-electron chi connectivity index (χ2n) is 11.7. The Morgan fingerprint density at radius 1 is 0.955 bits per heavy atom. The number of hydrogen-bond donors (Lipinski definition) is 0. The lowest BCUT2D eigenvalue weighted by Gasteiger charge is -2.36. The van der Waals surface area contributed by atoms with Crippen LogP contribution in [0.4, 0.5) is 17.6 Å². The summed E-state index contributed by atoms with van der Waals surface area (Å²) < 4.78 is 63.2. The molecule has 238 valence electrons. The van der Waals surface area contributed by atoms with Gasteiger partial charge in [0.1, 0.15) is 17.6 Å². The average molecular weight is 660 g/mol. The van der Waals surface area contributed by atoms with Crippen molar-refractivity contribution >= 4 is 41.0 Å². The summed E-state index contributed by atoms with van der Waals surface area (Å²) in [7, 11) is 0. The molecule has 0 N–H and O–H groups in total. The predicted octanol–water partition coefficient (Wildman–Crippen LogP) is 7.10. The van der Waals surface area contributed by atoms with Gasteiger partial charge in [0, 0.05) is 28.7 Å². The first-order chi connectivity index (χ1) is 20.8. The highest BCUT2D eigenvalue weighted by molar-refractivity contribution is 6.34. The van der Waals surface area contributed by atoms with E-state index in [0.29, 0.717) is 28.0 Å². The Hall–Kier alpha value is -2.89. The minimum Gasteiger partial charge on any atom is -0.493 e. The highest BCUT2D eigenvalue weighted by atomic mass is 35.5. The number of esters is 2. The number of halogens is 6. The summed E-state index contributed by atoms with van der Waals surface area (Å²) in [6.45, 7) is 4.18. The van der Waals surface area contributed by atoms with Crippen LogP contribution >= 0.6 is 23.2 Å².